The van der Waals surface area contributed by atoms with Gasteiger partial charge in [0.15, 0.2) is 0 Å². The number of nitrogens with zero attached hydrogens (tertiary/aromatic N) is 1. The smallest absolute Gasteiger partial charge is 0.326 e. The lowest BCUT2D eigenvalue weighted by Gasteiger charge is -2.28. The van der Waals surface area contributed by atoms with Crippen molar-refractivity contribution < 1.29 is 24.2 Å². The molecule has 0 aromatic heterocycles. The number of para-hydroxylation sites is 2. The fourth-order valence-corrected chi connectivity index (χ4v) is 4.96. The van der Waals surface area contributed by atoms with Gasteiger partial charge in [-0.2, -0.15) is 0 Å². The normalized spacial score (nSPS) is 15.0. The lowest BCUT2D eigenvalue weighted by Crippen LogP contribution is -2.42. The van der Waals surface area contributed by atoms with Crippen LogP contribution in [-0.4, -0.2) is 33.8 Å². The van der Waals surface area contributed by atoms with E-state index in [1.54, 1.807) is 37.3 Å². The second-order valence-electron chi connectivity index (χ2n) is 9.40. The van der Waals surface area contributed by atoms with Crippen molar-refractivity contribution in [2.45, 2.75) is 32.4 Å². The molecule has 2 unspecified atom stereocenters. The zero-order chi connectivity index (χ0) is 27.5. The summed E-state index contributed by atoms with van der Waals surface area (Å²) >= 11 is 0. The molecule has 2 N–H and O–H groups in total. The van der Waals surface area contributed by atoms with Gasteiger partial charge in [0, 0.05) is 11.3 Å². The van der Waals surface area contributed by atoms with Crippen LogP contribution in [0.4, 0.5) is 5.69 Å². The molecule has 7 heteroatoms. The van der Waals surface area contributed by atoms with Gasteiger partial charge in [0.1, 0.15) is 17.5 Å². The van der Waals surface area contributed by atoms with Crippen molar-refractivity contribution in [2.75, 3.05) is 5.32 Å². The van der Waals surface area contributed by atoms with Crippen LogP contribution in [-0.2, 0) is 4.79 Å². The van der Waals surface area contributed by atoms with E-state index in [-0.39, 0.29) is 17.9 Å². The Morgan fingerprint density at radius 2 is 1.59 bits per heavy atom. The molecule has 5 rings (SSSR count). The Morgan fingerprint density at radius 1 is 0.923 bits per heavy atom. The minimum absolute atomic E-state index is 0.270. The zero-order valence-electron chi connectivity index (χ0n) is 21.6. The maximum atomic E-state index is 13.2. The number of carbonyl (C=O) groups excluding carboxylic acids is 2. The predicted octanol–water partition coefficient (Wildman–Crippen LogP) is 6.78. The van der Waals surface area contributed by atoms with Crippen LogP contribution in [0.1, 0.15) is 52.6 Å². The molecule has 196 valence electrons. The van der Waals surface area contributed by atoms with Crippen LogP contribution >= 0.6 is 0 Å². The van der Waals surface area contributed by atoms with Gasteiger partial charge in [0.25, 0.3) is 11.8 Å². The zero-order valence-corrected chi connectivity index (χ0v) is 21.6. The third kappa shape index (κ3) is 5.11. The predicted molar refractivity (Wildman–Crippen MR) is 149 cm³/mol. The van der Waals surface area contributed by atoms with E-state index >= 15 is 0 Å². The molecule has 2 amide bonds. The van der Waals surface area contributed by atoms with Crippen molar-refractivity contribution in [3.8, 4) is 22.6 Å². The molecule has 0 saturated heterocycles. The standard InChI is InChI=1S/C32H28N2O5/c1-3-28(32(37)38)34-20(2)25-18-15-22(19-27(25)31(34)36)21-13-16-23(17-14-21)33-30(35)26-11-7-8-12-29(26)39-24-9-5-4-6-10-24/h4-20,28H,3H2,1-2H3,(H,33,35)(H,37,38). The highest BCUT2D eigenvalue weighted by atomic mass is 16.5. The summed E-state index contributed by atoms with van der Waals surface area (Å²) in [6.07, 6.45) is 0.336. The summed E-state index contributed by atoms with van der Waals surface area (Å²) in [7, 11) is 0. The van der Waals surface area contributed by atoms with Gasteiger partial charge in [-0.3, -0.25) is 9.59 Å². The average molecular weight is 521 g/mol. The first kappa shape index (κ1) is 25.7. The van der Waals surface area contributed by atoms with Crippen molar-refractivity contribution >= 4 is 23.5 Å². The van der Waals surface area contributed by atoms with E-state index in [0.29, 0.717) is 34.7 Å². The number of carboxylic acids is 1. The Kier molecular flexibility index (Phi) is 7.14. The number of rotatable bonds is 8. The first-order valence-corrected chi connectivity index (χ1v) is 12.8. The van der Waals surface area contributed by atoms with E-state index in [1.807, 2.05) is 73.7 Å². The summed E-state index contributed by atoms with van der Waals surface area (Å²) in [5.41, 5.74) is 4.07. The van der Waals surface area contributed by atoms with Gasteiger partial charge in [-0.05, 0) is 72.5 Å². The molecule has 1 aliphatic rings. The van der Waals surface area contributed by atoms with Crippen LogP contribution < -0.4 is 10.1 Å². The summed E-state index contributed by atoms with van der Waals surface area (Å²) in [6.45, 7) is 3.62. The number of fused-ring (bicyclic) bond motifs is 1. The lowest BCUT2D eigenvalue weighted by molar-refractivity contribution is -0.143. The molecule has 0 saturated carbocycles. The highest BCUT2D eigenvalue weighted by Crippen LogP contribution is 2.38. The average Bonchev–Trinajstić information content (AvgIpc) is 3.19. The van der Waals surface area contributed by atoms with E-state index in [2.05, 4.69) is 5.32 Å². The minimum atomic E-state index is -1.00. The van der Waals surface area contributed by atoms with Gasteiger partial charge < -0.3 is 20.1 Å². The molecule has 7 nitrogen and oxygen atoms in total. The van der Waals surface area contributed by atoms with Gasteiger partial charge in [0.05, 0.1) is 11.6 Å². The van der Waals surface area contributed by atoms with Crippen LogP contribution in [0.5, 0.6) is 11.5 Å². The van der Waals surface area contributed by atoms with Crippen LogP contribution in [0.25, 0.3) is 11.1 Å². The molecule has 4 aromatic rings. The SMILES string of the molecule is CCC(C(=O)O)N1C(=O)c2cc(-c3ccc(NC(=O)c4ccccc4Oc4ccccc4)cc3)ccc2C1C. The summed E-state index contributed by atoms with van der Waals surface area (Å²) in [5.74, 6) is -0.473. The van der Waals surface area contributed by atoms with Crippen molar-refractivity contribution in [3.63, 3.8) is 0 Å². The molecule has 1 aliphatic heterocycles. The van der Waals surface area contributed by atoms with Gasteiger partial charge in [-0.25, -0.2) is 4.79 Å². The Labute approximate surface area is 226 Å². The number of carbonyl (C=O) groups is 3. The summed E-state index contributed by atoms with van der Waals surface area (Å²) in [4.78, 5) is 39.4. The third-order valence-electron chi connectivity index (χ3n) is 6.97. The number of carboxylic acid groups (broad SMARTS) is 1. The number of nitrogens with one attached hydrogen (secondary N) is 1. The highest BCUT2D eigenvalue weighted by molar-refractivity contribution is 6.06. The fourth-order valence-electron chi connectivity index (χ4n) is 4.96. The van der Waals surface area contributed by atoms with E-state index in [0.717, 1.165) is 16.7 Å². The Hall–Kier alpha value is -4.91. The molecule has 0 spiro atoms. The monoisotopic (exact) mass is 520 g/mol. The molecular weight excluding hydrogens is 492 g/mol. The van der Waals surface area contributed by atoms with Crippen molar-refractivity contribution in [2.24, 2.45) is 0 Å². The van der Waals surface area contributed by atoms with Gasteiger partial charge in [-0.1, -0.05) is 61.5 Å². The molecule has 39 heavy (non-hydrogen) atoms. The first-order valence-electron chi connectivity index (χ1n) is 12.8. The summed E-state index contributed by atoms with van der Waals surface area (Å²) in [6, 6.07) is 28.1. The molecule has 0 bridgehead atoms. The maximum Gasteiger partial charge on any atom is 0.326 e. The van der Waals surface area contributed by atoms with E-state index in [1.165, 1.54) is 4.90 Å². The largest absolute Gasteiger partial charge is 0.480 e. The summed E-state index contributed by atoms with van der Waals surface area (Å²) < 4.78 is 5.92. The van der Waals surface area contributed by atoms with Crippen LogP contribution in [0.2, 0.25) is 0 Å². The van der Waals surface area contributed by atoms with Gasteiger partial charge >= 0.3 is 5.97 Å². The van der Waals surface area contributed by atoms with Crippen molar-refractivity contribution in [1.82, 2.24) is 4.90 Å². The fraction of sp³-hybridized carbons (Fsp3) is 0.156. The number of aliphatic carboxylic acids is 1. The number of anilines is 1. The minimum Gasteiger partial charge on any atom is -0.480 e. The second-order valence-corrected chi connectivity index (χ2v) is 9.40. The molecule has 0 fully saturated rings. The topological polar surface area (TPSA) is 95.9 Å². The Morgan fingerprint density at radius 3 is 2.28 bits per heavy atom. The molecule has 2 atom stereocenters. The number of benzene rings is 4. The quantitative estimate of drug-likeness (QED) is 0.267. The van der Waals surface area contributed by atoms with E-state index < -0.39 is 12.0 Å². The van der Waals surface area contributed by atoms with Gasteiger partial charge in [-0.15, -0.1) is 0 Å². The molecule has 0 radical (unpaired) electrons. The Balaban J connectivity index is 1.33. The number of hydrogen-bond acceptors (Lipinski definition) is 4. The highest BCUT2D eigenvalue weighted by Gasteiger charge is 2.40. The Bertz CT molecular complexity index is 1530. The molecule has 0 aliphatic carbocycles. The maximum absolute atomic E-state index is 13.2. The van der Waals surface area contributed by atoms with Crippen molar-refractivity contribution in [3.05, 3.63) is 114 Å². The second kappa shape index (κ2) is 10.8. The van der Waals surface area contributed by atoms with E-state index in [4.69, 9.17) is 4.74 Å². The van der Waals surface area contributed by atoms with Crippen molar-refractivity contribution in [1.29, 1.82) is 0 Å². The molecule has 1 heterocycles. The molecule has 4 aromatic carbocycles. The third-order valence-corrected chi connectivity index (χ3v) is 6.97. The summed E-state index contributed by atoms with van der Waals surface area (Å²) in [5, 5.41) is 12.5. The number of ether oxygens (including phenoxy) is 1. The number of amides is 2. The van der Waals surface area contributed by atoms with Crippen LogP contribution in [0, 0.1) is 0 Å². The first-order chi connectivity index (χ1) is 18.9. The lowest BCUT2D eigenvalue weighted by atomic mass is 9.98. The number of hydrogen-bond donors (Lipinski definition) is 2. The van der Waals surface area contributed by atoms with Gasteiger partial charge in [0.2, 0.25) is 0 Å². The van der Waals surface area contributed by atoms with Crippen LogP contribution in [0.3, 0.4) is 0 Å². The van der Waals surface area contributed by atoms with E-state index in [9.17, 15) is 19.5 Å². The molecular formula is C32H28N2O5. The van der Waals surface area contributed by atoms with Crippen LogP contribution in [0.15, 0.2) is 97.1 Å².